The zero-order chi connectivity index (χ0) is 20.4. The van der Waals surface area contributed by atoms with Gasteiger partial charge in [-0.05, 0) is 42.0 Å². The molecule has 2 heterocycles. The van der Waals surface area contributed by atoms with Crippen molar-refractivity contribution in [1.82, 2.24) is 19.6 Å². The molecular formula is C19H13F2N5O2S. The third-order valence-electron chi connectivity index (χ3n) is 3.98. The lowest BCUT2D eigenvalue weighted by Crippen LogP contribution is -2.20. The fraction of sp³-hybridized carbons (Fsp3) is 0.0526. The van der Waals surface area contributed by atoms with E-state index in [2.05, 4.69) is 20.4 Å². The summed E-state index contributed by atoms with van der Waals surface area (Å²) < 4.78 is 27.2. The normalized spacial score (nSPS) is 11.0. The van der Waals surface area contributed by atoms with Crippen molar-refractivity contribution in [1.29, 1.82) is 0 Å². The van der Waals surface area contributed by atoms with Crippen LogP contribution in [0.2, 0.25) is 0 Å². The third-order valence-corrected chi connectivity index (χ3v) is 4.85. The van der Waals surface area contributed by atoms with E-state index in [0.29, 0.717) is 22.5 Å². The second kappa shape index (κ2) is 7.84. The van der Waals surface area contributed by atoms with Gasteiger partial charge in [0.1, 0.15) is 11.6 Å². The lowest BCUT2D eigenvalue weighted by molar-refractivity contribution is -0.113. The molecule has 0 unspecified atom stereocenters. The van der Waals surface area contributed by atoms with Gasteiger partial charge in [-0.1, -0.05) is 23.9 Å². The number of fused-ring (bicyclic) bond motifs is 1. The number of carbonyl (C=O) groups excluding carboxylic acids is 1. The molecule has 0 aliphatic carbocycles. The van der Waals surface area contributed by atoms with E-state index in [-0.39, 0.29) is 22.6 Å². The fourth-order valence-corrected chi connectivity index (χ4v) is 3.28. The fourth-order valence-electron chi connectivity index (χ4n) is 2.63. The maximum atomic E-state index is 13.2. The highest BCUT2D eigenvalue weighted by Gasteiger charge is 2.13. The molecule has 10 heteroatoms. The van der Waals surface area contributed by atoms with Crippen LogP contribution in [0.4, 0.5) is 14.5 Å². The Labute approximate surface area is 166 Å². The van der Waals surface area contributed by atoms with E-state index < -0.39 is 11.5 Å². The van der Waals surface area contributed by atoms with E-state index in [1.54, 1.807) is 12.1 Å². The van der Waals surface area contributed by atoms with Crippen LogP contribution in [0, 0.1) is 11.6 Å². The van der Waals surface area contributed by atoms with Crippen LogP contribution in [0.3, 0.4) is 0 Å². The van der Waals surface area contributed by atoms with E-state index in [1.165, 1.54) is 42.6 Å². The summed E-state index contributed by atoms with van der Waals surface area (Å²) in [6, 6.07) is 11.1. The van der Waals surface area contributed by atoms with Crippen molar-refractivity contribution >= 4 is 29.0 Å². The van der Waals surface area contributed by atoms with Crippen LogP contribution in [0.5, 0.6) is 0 Å². The zero-order valence-electron chi connectivity index (χ0n) is 14.7. The van der Waals surface area contributed by atoms with Crippen molar-refractivity contribution in [2.75, 3.05) is 11.1 Å². The highest BCUT2D eigenvalue weighted by atomic mass is 32.2. The summed E-state index contributed by atoms with van der Waals surface area (Å²) in [6.07, 6.45) is 1.47. The van der Waals surface area contributed by atoms with E-state index in [4.69, 9.17) is 0 Å². The van der Waals surface area contributed by atoms with Crippen LogP contribution >= 0.6 is 11.8 Å². The number of hydrogen-bond acceptors (Lipinski definition) is 5. The molecule has 0 bridgehead atoms. The number of anilines is 1. The van der Waals surface area contributed by atoms with Gasteiger partial charge in [0.05, 0.1) is 11.9 Å². The molecule has 0 aliphatic heterocycles. The molecule has 146 valence electrons. The number of halogens is 2. The Bertz CT molecular complexity index is 1240. The average molecular weight is 413 g/mol. The Hall–Kier alpha value is -3.53. The van der Waals surface area contributed by atoms with Gasteiger partial charge in [0, 0.05) is 11.3 Å². The van der Waals surface area contributed by atoms with Crippen molar-refractivity contribution in [3.05, 3.63) is 76.8 Å². The first kappa shape index (κ1) is 18.8. The van der Waals surface area contributed by atoms with Crippen molar-refractivity contribution < 1.29 is 13.6 Å². The quantitative estimate of drug-likeness (QED) is 0.491. The number of hydrogen-bond donors (Lipinski definition) is 2. The minimum absolute atomic E-state index is 0.0174. The molecule has 0 saturated carbocycles. The molecule has 2 aromatic heterocycles. The molecule has 7 nitrogen and oxygen atoms in total. The third kappa shape index (κ3) is 4.16. The predicted octanol–water partition coefficient (Wildman–Crippen LogP) is 3.09. The van der Waals surface area contributed by atoms with Crippen LogP contribution in [0.1, 0.15) is 0 Å². The molecule has 29 heavy (non-hydrogen) atoms. The number of benzene rings is 2. The van der Waals surface area contributed by atoms with Gasteiger partial charge in [-0.15, -0.1) is 0 Å². The predicted molar refractivity (Wildman–Crippen MR) is 105 cm³/mol. The number of nitrogens with zero attached hydrogens (tertiary/aromatic N) is 3. The summed E-state index contributed by atoms with van der Waals surface area (Å²) in [6.45, 7) is 0. The summed E-state index contributed by atoms with van der Waals surface area (Å²) in [5, 5.41) is 6.88. The summed E-state index contributed by atoms with van der Waals surface area (Å²) >= 11 is 1.04. The second-order valence-corrected chi connectivity index (χ2v) is 6.96. The van der Waals surface area contributed by atoms with Crippen molar-refractivity contribution in [2.24, 2.45) is 0 Å². The maximum absolute atomic E-state index is 13.2. The number of amides is 1. The van der Waals surface area contributed by atoms with Gasteiger partial charge in [0.25, 0.3) is 0 Å². The molecule has 0 spiro atoms. The van der Waals surface area contributed by atoms with Gasteiger partial charge in [0.2, 0.25) is 5.91 Å². The number of thioether (sulfide) groups is 1. The van der Waals surface area contributed by atoms with Gasteiger partial charge in [-0.3, -0.25) is 9.78 Å². The molecular weight excluding hydrogens is 400 g/mol. The van der Waals surface area contributed by atoms with Gasteiger partial charge in [-0.25, -0.2) is 18.6 Å². The Balaban J connectivity index is 1.54. The number of H-pyrrole nitrogens is 1. The maximum Gasteiger partial charge on any atom is 0.350 e. The van der Waals surface area contributed by atoms with E-state index in [9.17, 15) is 18.4 Å². The first-order chi connectivity index (χ1) is 14.0. The number of carbonyl (C=O) groups is 1. The van der Waals surface area contributed by atoms with Gasteiger partial charge < -0.3 is 5.32 Å². The van der Waals surface area contributed by atoms with E-state index in [0.717, 1.165) is 16.3 Å². The molecule has 4 aromatic rings. The molecule has 0 fully saturated rings. The minimum Gasteiger partial charge on any atom is -0.325 e. The van der Waals surface area contributed by atoms with Crippen LogP contribution in [0.25, 0.3) is 16.8 Å². The Kier molecular flexibility index (Phi) is 5.09. The number of aromatic nitrogens is 4. The van der Waals surface area contributed by atoms with E-state index in [1.807, 2.05) is 0 Å². The monoisotopic (exact) mass is 413 g/mol. The highest BCUT2D eigenvalue weighted by Crippen LogP contribution is 2.24. The molecule has 2 aromatic carbocycles. The van der Waals surface area contributed by atoms with Gasteiger partial charge in [0.15, 0.2) is 10.8 Å². The van der Waals surface area contributed by atoms with Crippen LogP contribution in [-0.4, -0.2) is 31.2 Å². The lowest BCUT2D eigenvalue weighted by Gasteiger charge is -2.05. The van der Waals surface area contributed by atoms with E-state index >= 15 is 0 Å². The molecule has 0 radical (unpaired) electrons. The summed E-state index contributed by atoms with van der Waals surface area (Å²) in [4.78, 5) is 31.3. The standard InChI is InChI=1S/C19H13F2N5O2S/c20-12-3-1-11(2-4-12)15-9-22-26-17(15)24-18(25-19(26)28)29-10-16(27)23-14-7-5-13(21)6-8-14/h1-9H,10H2,(H,23,27)(H,24,25,28). The van der Waals surface area contributed by atoms with Crippen LogP contribution in [0.15, 0.2) is 64.7 Å². The van der Waals surface area contributed by atoms with Crippen molar-refractivity contribution in [3.63, 3.8) is 0 Å². The second-order valence-electron chi connectivity index (χ2n) is 5.99. The largest absolute Gasteiger partial charge is 0.350 e. The van der Waals surface area contributed by atoms with Gasteiger partial charge in [-0.2, -0.15) is 9.61 Å². The minimum atomic E-state index is -0.509. The SMILES string of the molecule is O=C(CSc1nc2c(-c3ccc(F)cc3)cnn2c(=O)[nH]1)Nc1ccc(F)cc1. The van der Waals surface area contributed by atoms with Crippen molar-refractivity contribution in [3.8, 4) is 11.1 Å². The molecule has 4 rings (SSSR count). The molecule has 0 aliphatic rings. The summed E-state index contributed by atoms with van der Waals surface area (Å²) in [5.74, 6) is -1.13. The average Bonchev–Trinajstić information content (AvgIpc) is 3.13. The molecule has 0 saturated heterocycles. The lowest BCUT2D eigenvalue weighted by atomic mass is 10.1. The van der Waals surface area contributed by atoms with Crippen molar-refractivity contribution in [2.45, 2.75) is 5.16 Å². The first-order valence-corrected chi connectivity index (χ1v) is 9.40. The Morgan fingerprint density at radius 3 is 2.41 bits per heavy atom. The number of aromatic amines is 1. The molecule has 2 N–H and O–H groups in total. The summed E-state index contributed by atoms with van der Waals surface area (Å²) in [7, 11) is 0. The highest BCUT2D eigenvalue weighted by molar-refractivity contribution is 7.99. The van der Waals surface area contributed by atoms with Crippen LogP contribution in [-0.2, 0) is 4.79 Å². The first-order valence-electron chi connectivity index (χ1n) is 8.42. The number of nitrogens with one attached hydrogen (secondary N) is 2. The van der Waals surface area contributed by atoms with Crippen LogP contribution < -0.4 is 11.0 Å². The molecule has 0 atom stereocenters. The Morgan fingerprint density at radius 1 is 1.07 bits per heavy atom. The smallest absolute Gasteiger partial charge is 0.325 e. The zero-order valence-corrected chi connectivity index (χ0v) is 15.5. The van der Waals surface area contributed by atoms with Gasteiger partial charge >= 0.3 is 5.69 Å². The number of rotatable bonds is 5. The Morgan fingerprint density at radius 2 is 1.72 bits per heavy atom. The summed E-state index contributed by atoms with van der Waals surface area (Å²) in [5.41, 5.74) is 1.47. The topological polar surface area (TPSA) is 92.2 Å². The molecule has 1 amide bonds.